The molecular weight excluding hydrogens is 293 g/mol. The van der Waals surface area contributed by atoms with Gasteiger partial charge in [-0.15, -0.1) is 0 Å². The second-order valence-corrected chi connectivity index (χ2v) is 7.31. The van der Waals surface area contributed by atoms with Crippen molar-refractivity contribution in [3.63, 3.8) is 0 Å². The minimum absolute atomic E-state index is 0.0233. The lowest BCUT2D eigenvalue weighted by Crippen LogP contribution is -2.50. The molecule has 4 atom stereocenters. The number of hydrogen-bond donors (Lipinski definition) is 1. The van der Waals surface area contributed by atoms with Crippen molar-refractivity contribution in [2.24, 2.45) is 11.8 Å². The van der Waals surface area contributed by atoms with Gasteiger partial charge in [0, 0.05) is 31.1 Å². The van der Waals surface area contributed by atoms with E-state index in [1.54, 1.807) is 11.9 Å². The van der Waals surface area contributed by atoms with E-state index in [2.05, 4.69) is 5.32 Å². The Balaban J connectivity index is 1.60. The highest BCUT2D eigenvalue weighted by Gasteiger charge is 2.45. The van der Waals surface area contributed by atoms with Gasteiger partial charge in [0.25, 0.3) is 0 Å². The van der Waals surface area contributed by atoms with Crippen LogP contribution in [0.2, 0.25) is 0 Å². The lowest BCUT2D eigenvalue weighted by molar-refractivity contribution is -0.187. The molecule has 0 aromatic heterocycles. The van der Waals surface area contributed by atoms with Crippen molar-refractivity contribution < 1.29 is 18.0 Å². The summed E-state index contributed by atoms with van der Waals surface area (Å²) in [5.41, 5.74) is 0. The van der Waals surface area contributed by atoms with E-state index in [4.69, 9.17) is 0 Å². The van der Waals surface area contributed by atoms with Gasteiger partial charge in [-0.2, -0.15) is 13.2 Å². The Kier molecular flexibility index (Phi) is 4.40. The molecule has 126 valence electrons. The molecule has 1 aliphatic carbocycles. The number of nitrogens with zero attached hydrogens (tertiary/aromatic N) is 1. The second kappa shape index (κ2) is 6.02. The molecule has 0 spiro atoms. The van der Waals surface area contributed by atoms with Gasteiger partial charge in [-0.05, 0) is 44.9 Å². The third-order valence-electron chi connectivity index (χ3n) is 5.83. The van der Waals surface area contributed by atoms with Crippen molar-refractivity contribution in [1.29, 1.82) is 0 Å². The summed E-state index contributed by atoms with van der Waals surface area (Å²) in [6, 6.07) is 1.15. The molecule has 3 aliphatic rings. The van der Waals surface area contributed by atoms with Crippen molar-refractivity contribution in [1.82, 2.24) is 10.2 Å². The summed E-state index contributed by atoms with van der Waals surface area (Å²) in [6.45, 7) is 0. The molecule has 2 heterocycles. The molecule has 1 amide bonds. The number of hydrogen-bond acceptors (Lipinski definition) is 2. The molecule has 3 rings (SSSR count). The monoisotopic (exact) mass is 318 g/mol. The number of fused-ring (bicyclic) bond motifs is 2. The molecule has 1 N–H and O–H groups in total. The maximum Gasteiger partial charge on any atom is 0.391 e. The van der Waals surface area contributed by atoms with Gasteiger partial charge in [-0.25, -0.2) is 0 Å². The topological polar surface area (TPSA) is 32.3 Å². The van der Waals surface area contributed by atoms with E-state index in [0.29, 0.717) is 24.9 Å². The first-order valence-electron chi connectivity index (χ1n) is 8.44. The predicted molar refractivity (Wildman–Crippen MR) is 77.2 cm³/mol. The molecule has 6 heteroatoms. The minimum atomic E-state index is -4.16. The van der Waals surface area contributed by atoms with E-state index in [1.165, 1.54) is 0 Å². The maximum atomic E-state index is 12.9. The highest BCUT2D eigenvalue weighted by atomic mass is 19.4. The Morgan fingerprint density at radius 3 is 2.27 bits per heavy atom. The fourth-order valence-electron chi connectivity index (χ4n) is 4.52. The molecule has 0 aromatic rings. The fraction of sp³-hybridized carbons (Fsp3) is 0.938. The molecular formula is C16H25F3N2O. The molecule has 3 nitrogen and oxygen atoms in total. The Morgan fingerprint density at radius 2 is 1.68 bits per heavy atom. The molecule has 2 saturated heterocycles. The van der Waals surface area contributed by atoms with Crippen molar-refractivity contribution >= 4 is 5.91 Å². The zero-order valence-corrected chi connectivity index (χ0v) is 13.0. The van der Waals surface area contributed by atoms with Crippen molar-refractivity contribution in [3.8, 4) is 0 Å². The summed E-state index contributed by atoms with van der Waals surface area (Å²) >= 11 is 0. The van der Waals surface area contributed by atoms with Crippen LogP contribution >= 0.6 is 0 Å². The number of amides is 1. The third kappa shape index (κ3) is 3.26. The van der Waals surface area contributed by atoms with Gasteiger partial charge >= 0.3 is 6.18 Å². The van der Waals surface area contributed by atoms with Gasteiger partial charge in [0.15, 0.2) is 0 Å². The lowest BCUT2D eigenvalue weighted by Gasteiger charge is -2.39. The normalized spacial score (nSPS) is 38.8. The van der Waals surface area contributed by atoms with Crippen LogP contribution in [-0.2, 0) is 4.79 Å². The summed E-state index contributed by atoms with van der Waals surface area (Å²) in [7, 11) is 1.79. The average molecular weight is 318 g/mol. The van der Waals surface area contributed by atoms with E-state index >= 15 is 0 Å². The molecule has 3 fully saturated rings. The van der Waals surface area contributed by atoms with Crippen LogP contribution in [0.25, 0.3) is 0 Å². The van der Waals surface area contributed by atoms with Gasteiger partial charge in [0.2, 0.25) is 5.91 Å². The average Bonchev–Trinajstić information content (AvgIpc) is 2.83. The van der Waals surface area contributed by atoms with Crippen molar-refractivity contribution in [2.45, 2.75) is 75.7 Å². The zero-order valence-electron chi connectivity index (χ0n) is 13.0. The van der Waals surface area contributed by atoms with Crippen LogP contribution in [0.1, 0.15) is 51.4 Å². The van der Waals surface area contributed by atoms with Crippen LogP contribution in [0.5, 0.6) is 0 Å². The van der Waals surface area contributed by atoms with Crippen LogP contribution in [0.3, 0.4) is 0 Å². The number of carbonyl (C=O) groups is 1. The standard InChI is InChI=1S/C16H25F3N2O/c1-21(14-8-12-5-6-13(9-14)20-12)15(22)10-3-2-4-11(7-10)16(17,18)19/h10-14,20H,2-9H2,1H3. The highest BCUT2D eigenvalue weighted by Crippen LogP contribution is 2.41. The Labute approximate surface area is 129 Å². The predicted octanol–water partition coefficient (Wildman–Crippen LogP) is 3.10. The second-order valence-electron chi connectivity index (χ2n) is 7.31. The summed E-state index contributed by atoms with van der Waals surface area (Å²) in [5, 5.41) is 3.53. The fourth-order valence-corrected chi connectivity index (χ4v) is 4.52. The number of rotatable bonds is 2. The van der Waals surface area contributed by atoms with Gasteiger partial charge in [0.05, 0.1) is 5.92 Å². The molecule has 2 aliphatic heterocycles. The zero-order chi connectivity index (χ0) is 15.9. The summed E-state index contributed by atoms with van der Waals surface area (Å²) in [5.74, 6) is -1.81. The Hall–Kier alpha value is -0.780. The van der Waals surface area contributed by atoms with Crippen molar-refractivity contribution in [2.75, 3.05) is 7.05 Å². The van der Waals surface area contributed by atoms with Gasteiger partial charge in [0.1, 0.15) is 0 Å². The molecule has 2 bridgehead atoms. The summed E-state index contributed by atoms with van der Waals surface area (Å²) in [6.07, 6.45) is 1.29. The maximum absolute atomic E-state index is 12.9. The Morgan fingerprint density at radius 1 is 1.05 bits per heavy atom. The van der Waals surface area contributed by atoms with Crippen LogP contribution in [-0.4, -0.2) is 42.2 Å². The van der Waals surface area contributed by atoms with Crippen LogP contribution in [0.4, 0.5) is 13.2 Å². The summed E-state index contributed by atoms with van der Waals surface area (Å²) in [4.78, 5) is 14.4. The minimum Gasteiger partial charge on any atom is -0.342 e. The van der Waals surface area contributed by atoms with Crippen LogP contribution < -0.4 is 5.32 Å². The van der Waals surface area contributed by atoms with E-state index in [9.17, 15) is 18.0 Å². The van der Waals surface area contributed by atoms with Crippen LogP contribution in [0.15, 0.2) is 0 Å². The van der Waals surface area contributed by atoms with E-state index in [0.717, 1.165) is 25.7 Å². The molecule has 0 radical (unpaired) electrons. The van der Waals surface area contributed by atoms with E-state index in [1.807, 2.05) is 0 Å². The van der Waals surface area contributed by atoms with Gasteiger partial charge in [-0.3, -0.25) is 4.79 Å². The van der Waals surface area contributed by atoms with Crippen molar-refractivity contribution in [3.05, 3.63) is 0 Å². The van der Waals surface area contributed by atoms with Gasteiger partial charge < -0.3 is 10.2 Å². The molecule has 1 saturated carbocycles. The molecule has 22 heavy (non-hydrogen) atoms. The lowest BCUT2D eigenvalue weighted by atomic mass is 9.80. The SMILES string of the molecule is CN(C(=O)C1CCCC(C(F)(F)F)C1)C1CC2CCC(C1)N2. The quantitative estimate of drug-likeness (QED) is 0.848. The largest absolute Gasteiger partial charge is 0.391 e. The number of nitrogens with one attached hydrogen (secondary N) is 1. The molecule has 4 unspecified atom stereocenters. The molecule has 0 aromatic carbocycles. The Bertz CT molecular complexity index is 410. The van der Waals surface area contributed by atoms with Gasteiger partial charge in [-0.1, -0.05) is 6.42 Å². The van der Waals surface area contributed by atoms with Crippen LogP contribution in [0, 0.1) is 11.8 Å². The smallest absolute Gasteiger partial charge is 0.342 e. The summed E-state index contributed by atoms with van der Waals surface area (Å²) < 4.78 is 38.7. The van der Waals surface area contributed by atoms with E-state index in [-0.39, 0.29) is 24.8 Å². The first-order chi connectivity index (χ1) is 10.3. The first-order valence-corrected chi connectivity index (χ1v) is 8.44. The number of alkyl halides is 3. The highest BCUT2D eigenvalue weighted by molar-refractivity contribution is 5.79. The number of halogens is 3. The number of carbonyl (C=O) groups excluding carboxylic acids is 1. The first kappa shape index (κ1) is 16.1. The third-order valence-corrected chi connectivity index (χ3v) is 5.83. The number of piperidine rings is 1. The van der Waals surface area contributed by atoms with E-state index < -0.39 is 18.0 Å².